The Kier molecular flexibility index (Phi) is 6.99. The maximum Gasteiger partial charge on any atom is 0.259 e. The van der Waals surface area contributed by atoms with E-state index in [4.69, 9.17) is 17.3 Å². The van der Waals surface area contributed by atoms with Gasteiger partial charge in [0.05, 0.1) is 5.54 Å². The number of nitrogens with one attached hydrogen (secondary N) is 2. The summed E-state index contributed by atoms with van der Waals surface area (Å²) in [6.45, 7) is 2.83. The van der Waals surface area contributed by atoms with Crippen LogP contribution < -0.4 is 16.4 Å². The van der Waals surface area contributed by atoms with E-state index < -0.39 is 17.0 Å². The number of carbonyl (C=O) groups is 2. The molecule has 2 fully saturated rings. The minimum absolute atomic E-state index is 0.0913. The molecule has 2 amide bonds. The Morgan fingerprint density at radius 1 is 1.28 bits per heavy atom. The largest absolute Gasteiger partial charge is 0.379 e. The molecule has 6 nitrogen and oxygen atoms in total. The van der Waals surface area contributed by atoms with Gasteiger partial charge < -0.3 is 16.2 Å². The van der Waals surface area contributed by atoms with Gasteiger partial charge in [0.2, 0.25) is 5.91 Å². The number of carbonyl (C=O) groups excluding carboxylic acids is 2. The van der Waals surface area contributed by atoms with Gasteiger partial charge >= 0.3 is 0 Å². The Balaban J connectivity index is 1.88. The van der Waals surface area contributed by atoms with Crippen molar-refractivity contribution >= 4 is 23.4 Å². The van der Waals surface area contributed by atoms with Crippen LogP contribution in [0.2, 0.25) is 5.02 Å². The van der Waals surface area contributed by atoms with Crippen molar-refractivity contribution in [1.82, 2.24) is 10.6 Å². The highest BCUT2D eigenvalue weighted by molar-refractivity contribution is 6.30. The summed E-state index contributed by atoms with van der Waals surface area (Å²) in [5.74, 6) is -1.20. The molecule has 0 aromatic heterocycles. The van der Waals surface area contributed by atoms with Crippen molar-refractivity contribution in [3.63, 3.8) is 0 Å². The van der Waals surface area contributed by atoms with Crippen LogP contribution in [0.1, 0.15) is 63.0 Å². The van der Waals surface area contributed by atoms with Gasteiger partial charge in [0.1, 0.15) is 5.60 Å². The van der Waals surface area contributed by atoms with Crippen molar-refractivity contribution in [2.45, 2.75) is 76.0 Å². The predicted octanol–water partition coefficient (Wildman–Crippen LogP) is 2.44. The molecule has 1 saturated carbocycles. The summed E-state index contributed by atoms with van der Waals surface area (Å²) in [6.07, 6.45) is 6.18. The average Bonchev–Trinajstić information content (AvgIpc) is 3.16. The van der Waals surface area contributed by atoms with Crippen LogP contribution in [0, 0.1) is 5.92 Å². The molecule has 1 aromatic carbocycles. The van der Waals surface area contributed by atoms with E-state index in [1.807, 2.05) is 6.07 Å². The van der Waals surface area contributed by atoms with E-state index in [-0.39, 0.29) is 24.8 Å². The molecule has 0 unspecified atom stereocenters. The van der Waals surface area contributed by atoms with E-state index in [1.54, 1.807) is 19.1 Å². The van der Waals surface area contributed by atoms with Gasteiger partial charge in [0.25, 0.3) is 5.91 Å². The molecule has 0 spiro atoms. The van der Waals surface area contributed by atoms with Gasteiger partial charge in [-0.25, -0.2) is 0 Å². The first-order valence-electron chi connectivity index (χ1n) is 10.6. The summed E-state index contributed by atoms with van der Waals surface area (Å²) in [5.41, 5.74) is 5.00. The smallest absolute Gasteiger partial charge is 0.259 e. The fourth-order valence-electron chi connectivity index (χ4n) is 4.68. The van der Waals surface area contributed by atoms with E-state index in [2.05, 4.69) is 10.6 Å². The number of imide groups is 1. The molecule has 1 aliphatic carbocycles. The van der Waals surface area contributed by atoms with E-state index >= 15 is 0 Å². The quantitative estimate of drug-likeness (QED) is 0.564. The molecular weight excluding hydrogens is 390 g/mol. The molecule has 5 N–H and O–H groups in total. The number of hydrogen-bond acceptors (Lipinski definition) is 5. The summed E-state index contributed by atoms with van der Waals surface area (Å²) in [4.78, 5) is 26.1. The maximum absolute atomic E-state index is 13.3. The van der Waals surface area contributed by atoms with Crippen molar-refractivity contribution in [3.05, 3.63) is 34.3 Å². The zero-order chi connectivity index (χ0) is 21.1. The highest BCUT2D eigenvalue weighted by Gasteiger charge is 2.47. The molecule has 3 rings (SSSR count). The molecule has 1 aliphatic heterocycles. The average molecular weight is 422 g/mol. The summed E-state index contributed by atoms with van der Waals surface area (Å²) < 4.78 is 0. The lowest BCUT2D eigenvalue weighted by molar-refractivity contribution is -0.152. The lowest BCUT2D eigenvalue weighted by Crippen LogP contribution is -2.60. The van der Waals surface area contributed by atoms with Crippen LogP contribution in [-0.4, -0.2) is 34.6 Å². The van der Waals surface area contributed by atoms with Crippen LogP contribution in [0.15, 0.2) is 18.2 Å². The fraction of sp³-hybridized carbons (Fsp3) is 0.636. The molecule has 29 heavy (non-hydrogen) atoms. The van der Waals surface area contributed by atoms with Gasteiger partial charge in [0, 0.05) is 18.0 Å². The number of benzene rings is 1. The number of rotatable bonds is 6. The zero-order valence-corrected chi connectivity index (χ0v) is 17.9. The third-order valence-electron chi connectivity index (χ3n) is 6.62. The van der Waals surface area contributed by atoms with Crippen molar-refractivity contribution in [1.29, 1.82) is 0 Å². The Morgan fingerprint density at radius 2 is 2.00 bits per heavy atom. The molecular formula is C22H32ClN3O3. The van der Waals surface area contributed by atoms with Gasteiger partial charge in [-0.3, -0.25) is 14.9 Å². The Labute approximate surface area is 177 Å². The molecule has 1 heterocycles. The number of amides is 2. The molecule has 160 valence electrons. The number of halogens is 1. The second-order valence-electron chi connectivity index (χ2n) is 8.70. The van der Waals surface area contributed by atoms with E-state index in [1.165, 1.54) is 0 Å². The molecule has 2 aliphatic rings. The highest BCUT2D eigenvalue weighted by atomic mass is 35.5. The zero-order valence-electron chi connectivity index (χ0n) is 17.1. The first-order valence-corrected chi connectivity index (χ1v) is 11.0. The van der Waals surface area contributed by atoms with Crippen molar-refractivity contribution in [3.8, 4) is 0 Å². The SMILES string of the molecule is C[C@@]1(C(=O)NC(=O)[C@@](O)(Cc2cc(Cl)ccc2CN)C2CCCCC2)CCCN1. The first kappa shape index (κ1) is 22.2. The van der Waals surface area contributed by atoms with Crippen molar-refractivity contribution in [2.75, 3.05) is 6.54 Å². The number of aliphatic hydroxyl groups is 1. The van der Waals surface area contributed by atoms with E-state index in [0.717, 1.165) is 56.2 Å². The summed E-state index contributed by atoms with van der Waals surface area (Å²) >= 11 is 6.17. The summed E-state index contributed by atoms with van der Waals surface area (Å²) in [7, 11) is 0. The number of nitrogens with two attached hydrogens (primary N) is 1. The Hall–Kier alpha value is -1.47. The molecule has 0 radical (unpaired) electrons. The monoisotopic (exact) mass is 421 g/mol. The van der Waals surface area contributed by atoms with Gasteiger partial charge in [0.15, 0.2) is 0 Å². The first-order chi connectivity index (χ1) is 13.8. The minimum Gasteiger partial charge on any atom is -0.379 e. The second-order valence-corrected chi connectivity index (χ2v) is 9.14. The van der Waals surface area contributed by atoms with Gasteiger partial charge in [-0.15, -0.1) is 0 Å². The van der Waals surface area contributed by atoms with Crippen LogP contribution in [0.3, 0.4) is 0 Å². The van der Waals surface area contributed by atoms with Crippen LogP contribution in [0.25, 0.3) is 0 Å². The van der Waals surface area contributed by atoms with Crippen LogP contribution in [0.4, 0.5) is 0 Å². The Morgan fingerprint density at radius 3 is 2.62 bits per heavy atom. The van der Waals surface area contributed by atoms with Gasteiger partial charge in [-0.05, 0) is 68.3 Å². The predicted molar refractivity (Wildman–Crippen MR) is 113 cm³/mol. The van der Waals surface area contributed by atoms with Crippen molar-refractivity contribution in [2.24, 2.45) is 11.7 Å². The lowest BCUT2D eigenvalue weighted by Gasteiger charge is -2.38. The standard InChI is InChI=1S/C22H32ClN3O3/c1-21(10-5-11-25-21)19(27)26-20(28)22(29,17-6-3-2-4-7-17)13-16-12-18(23)9-8-15(16)14-24/h8-9,12,17,25,29H,2-7,10-11,13-14,24H2,1H3,(H,26,27,28)/t21-,22+/m0/s1. The molecule has 1 saturated heterocycles. The van der Waals surface area contributed by atoms with E-state index in [9.17, 15) is 14.7 Å². The lowest BCUT2D eigenvalue weighted by atomic mass is 9.73. The normalized spacial score (nSPS) is 24.8. The van der Waals surface area contributed by atoms with Gasteiger partial charge in [-0.1, -0.05) is 36.9 Å². The van der Waals surface area contributed by atoms with Crippen LogP contribution in [-0.2, 0) is 22.6 Å². The van der Waals surface area contributed by atoms with Crippen molar-refractivity contribution < 1.29 is 14.7 Å². The van der Waals surface area contributed by atoms with Crippen LogP contribution >= 0.6 is 11.6 Å². The minimum atomic E-state index is -1.68. The topological polar surface area (TPSA) is 104 Å². The third-order valence-corrected chi connectivity index (χ3v) is 6.85. The molecule has 1 aromatic rings. The summed E-state index contributed by atoms with van der Waals surface area (Å²) in [6, 6.07) is 5.33. The fourth-order valence-corrected chi connectivity index (χ4v) is 4.87. The van der Waals surface area contributed by atoms with E-state index in [0.29, 0.717) is 11.4 Å². The highest BCUT2D eigenvalue weighted by Crippen LogP contribution is 2.36. The maximum atomic E-state index is 13.3. The van der Waals surface area contributed by atoms with Crippen LogP contribution in [0.5, 0.6) is 0 Å². The third kappa shape index (κ3) is 4.82. The molecule has 0 bridgehead atoms. The number of hydrogen-bond donors (Lipinski definition) is 4. The van der Waals surface area contributed by atoms with Gasteiger partial charge in [-0.2, -0.15) is 0 Å². The summed E-state index contributed by atoms with van der Waals surface area (Å²) in [5, 5.41) is 17.9. The Bertz CT molecular complexity index is 758. The second kappa shape index (κ2) is 9.13. The molecule has 2 atom stereocenters. The molecule has 7 heteroatoms.